The predicted octanol–water partition coefficient (Wildman–Crippen LogP) is 0.916. The summed E-state index contributed by atoms with van der Waals surface area (Å²) >= 11 is 1.46. The summed E-state index contributed by atoms with van der Waals surface area (Å²) in [5.41, 5.74) is 0. The van der Waals surface area contributed by atoms with Gasteiger partial charge in [0.25, 0.3) is 5.91 Å². The van der Waals surface area contributed by atoms with E-state index in [0.717, 1.165) is 5.01 Å². The number of amides is 1. The molecular weight excluding hydrogens is 224 g/mol. The lowest BCUT2D eigenvalue weighted by atomic mass is 10.2. The number of carbonyl (C=O) groups excluding carboxylic acids is 1. The first-order valence-electron chi connectivity index (χ1n) is 5.18. The summed E-state index contributed by atoms with van der Waals surface area (Å²) in [5.74, 6) is 0.946. The number of nitrogens with one attached hydrogen (secondary N) is 2. The number of hydrogen-bond donors (Lipinski definition) is 2. The fourth-order valence-corrected chi connectivity index (χ4v) is 2.02. The van der Waals surface area contributed by atoms with Gasteiger partial charge in [-0.1, -0.05) is 13.8 Å². The third-order valence-electron chi connectivity index (χ3n) is 2.10. The Kier molecular flexibility index (Phi) is 3.19. The van der Waals surface area contributed by atoms with Crippen LogP contribution in [0.2, 0.25) is 0 Å². The molecule has 0 aromatic carbocycles. The van der Waals surface area contributed by atoms with Gasteiger partial charge in [-0.25, -0.2) is 4.98 Å². The normalized spacial score (nSPS) is 22.6. The second-order valence-corrected chi connectivity index (χ2v) is 4.95. The van der Waals surface area contributed by atoms with Crippen molar-refractivity contribution >= 4 is 23.2 Å². The van der Waals surface area contributed by atoms with Crippen molar-refractivity contribution in [3.63, 3.8) is 0 Å². The van der Waals surface area contributed by atoms with E-state index in [1.165, 1.54) is 11.3 Å². The second kappa shape index (κ2) is 4.61. The van der Waals surface area contributed by atoms with Gasteiger partial charge in [-0.15, -0.1) is 11.3 Å². The van der Waals surface area contributed by atoms with E-state index in [2.05, 4.69) is 34.5 Å². The van der Waals surface area contributed by atoms with E-state index >= 15 is 0 Å². The van der Waals surface area contributed by atoms with Crippen LogP contribution in [0.3, 0.4) is 0 Å². The minimum Gasteiger partial charge on any atom is -0.338 e. The molecule has 6 heteroatoms. The van der Waals surface area contributed by atoms with Crippen LogP contribution in [-0.4, -0.2) is 23.4 Å². The smallest absolute Gasteiger partial charge is 0.256 e. The van der Waals surface area contributed by atoms with E-state index in [-0.39, 0.29) is 11.9 Å². The average molecular weight is 238 g/mol. The zero-order valence-corrected chi connectivity index (χ0v) is 10.0. The molecule has 1 aromatic heterocycles. The van der Waals surface area contributed by atoms with Gasteiger partial charge in [0.2, 0.25) is 0 Å². The maximum atomic E-state index is 11.6. The van der Waals surface area contributed by atoms with Crippen molar-refractivity contribution in [2.75, 3.05) is 6.54 Å². The molecule has 0 aliphatic carbocycles. The van der Waals surface area contributed by atoms with Crippen LogP contribution in [0.25, 0.3) is 0 Å². The van der Waals surface area contributed by atoms with Crippen molar-refractivity contribution in [3.8, 4) is 0 Å². The van der Waals surface area contributed by atoms with Crippen molar-refractivity contribution < 1.29 is 4.79 Å². The summed E-state index contributed by atoms with van der Waals surface area (Å²) in [6.45, 7) is 4.87. The molecule has 86 valence electrons. The molecule has 0 radical (unpaired) electrons. The fraction of sp³-hybridized carbons (Fsp3) is 0.500. The Labute approximate surface area is 98.0 Å². The zero-order chi connectivity index (χ0) is 11.5. The van der Waals surface area contributed by atoms with Gasteiger partial charge in [0.15, 0.2) is 12.0 Å². The lowest BCUT2D eigenvalue weighted by Crippen LogP contribution is -2.26. The molecule has 2 rings (SSSR count). The fourth-order valence-electron chi connectivity index (χ4n) is 1.34. The van der Waals surface area contributed by atoms with Gasteiger partial charge in [-0.3, -0.25) is 15.1 Å². The van der Waals surface area contributed by atoms with Gasteiger partial charge in [-0.2, -0.15) is 0 Å². The number of nitrogens with zero attached hydrogens (tertiary/aromatic N) is 2. The first-order chi connectivity index (χ1) is 7.66. The van der Waals surface area contributed by atoms with Crippen molar-refractivity contribution in [2.24, 2.45) is 10.9 Å². The molecule has 0 spiro atoms. The third kappa shape index (κ3) is 2.38. The SMILES string of the molecule is CC(C)CN=C1NC(=O)C(c2nccs2)N1. The quantitative estimate of drug-likeness (QED) is 0.822. The van der Waals surface area contributed by atoms with Crippen LogP contribution in [0, 0.1) is 5.92 Å². The number of thiazole rings is 1. The molecule has 1 atom stereocenters. The van der Waals surface area contributed by atoms with Crippen molar-refractivity contribution in [3.05, 3.63) is 16.6 Å². The summed E-state index contributed by atoms with van der Waals surface area (Å²) in [4.78, 5) is 20.0. The maximum absolute atomic E-state index is 11.6. The molecular formula is C10H14N4OS. The second-order valence-electron chi connectivity index (χ2n) is 4.02. The van der Waals surface area contributed by atoms with Crippen LogP contribution in [-0.2, 0) is 4.79 Å². The Bertz CT molecular complexity index is 399. The van der Waals surface area contributed by atoms with Crippen LogP contribution >= 0.6 is 11.3 Å². The summed E-state index contributed by atoms with van der Waals surface area (Å²) < 4.78 is 0. The van der Waals surface area contributed by atoms with Gasteiger partial charge in [0.05, 0.1) is 0 Å². The van der Waals surface area contributed by atoms with E-state index in [0.29, 0.717) is 18.4 Å². The Hall–Kier alpha value is -1.43. The lowest BCUT2D eigenvalue weighted by Gasteiger charge is -2.03. The molecule has 16 heavy (non-hydrogen) atoms. The van der Waals surface area contributed by atoms with Crippen LogP contribution in [0.15, 0.2) is 16.6 Å². The van der Waals surface area contributed by atoms with Gasteiger partial charge in [0, 0.05) is 18.1 Å². The molecule has 0 bridgehead atoms. The number of carbonyl (C=O) groups is 1. The van der Waals surface area contributed by atoms with Crippen LogP contribution in [0.5, 0.6) is 0 Å². The van der Waals surface area contributed by atoms with E-state index in [1.807, 2.05) is 5.38 Å². The minimum absolute atomic E-state index is 0.0857. The number of hydrogen-bond acceptors (Lipinski definition) is 4. The lowest BCUT2D eigenvalue weighted by molar-refractivity contribution is -0.120. The van der Waals surface area contributed by atoms with Gasteiger partial charge >= 0.3 is 0 Å². The average Bonchev–Trinajstić information content (AvgIpc) is 2.83. The van der Waals surface area contributed by atoms with E-state index < -0.39 is 0 Å². The van der Waals surface area contributed by atoms with Crippen LogP contribution < -0.4 is 10.6 Å². The van der Waals surface area contributed by atoms with E-state index in [9.17, 15) is 4.79 Å². The number of aromatic nitrogens is 1. The molecule has 1 aromatic rings. The summed E-state index contributed by atoms with van der Waals surface area (Å²) in [6.07, 6.45) is 1.69. The highest BCUT2D eigenvalue weighted by molar-refractivity contribution is 7.09. The summed E-state index contributed by atoms with van der Waals surface area (Å²) in [5, 5.41) is 8.38. The molecule has 1 amide bonds. The highest BCUT2D eigenvalue weighted by Crippen LogP contribution is 2.18. The molecule has 2 heterocycles. The van der Waals surface area contributed by atoms with E-state index in [4.69, 9.17) is 0 Å². The summed E-state index contributed by atoms with van der Waals surface area (Å²) in [7, 11) is 0. The molecule has 5 nitrogen and oxygen atoms in total. The molecule has 2 N–H and O–H groups in total. The molecule has 1 fully saturated rings. The van der Waals surface area contributed by atoms with Crippen molar-refractivity contribution in [1.82, 2.24) is 15.6 Å². The minimum atomic E-state index is -0.383. The van der Waals surface area contributed by atoms with Crippen LogP contribution in [0.4, 0.5) is 0 Å². The highest BCUT2D eigenvalue weighted by Gasteiger charge is 2.31. The Balaban J connectivity index is 2.05. The maximum Gasteiger partial charge on any atom is 0.256 e. The highest BCUT2D eigenvalue weighted by atomic mass is 32.1. The Morgan fingerprint density at radius 2 is 2.44 bits per heavy atom. The molecule has 0 saturated carbocycles. The molecule has 1 saturated heterocycles. The zero-order valence-electron chi connectivity index (χ0n) is 9.23. The van der Waals surface area contributed by atoms with E-state index in [1.54, 1.807) is 6.20 Å². The first-order valence-corrected chi connectivity index (χ1v) is 6.06. The summed E-state index contributed by atoms with van der Waals surface area (Å²) in [6, 6.07) is -0.383. The largest absolute Gasteiger partial charge is 0.338 e. The van der Waals surface area contributed by atoms with Gasteiger partial charge in [0.1, 0.15) is 5.01 Å². The Morgan fingerprint density at radius 3 is 3.06 bits per heavy atom. The van der Waals surface area contributed by atoms with Gasteiger partial charge in [-0.05, 0) is 5.92 Å². The van der Waals surface area contributed by atoms with Crippen molar-refractivity contribution in [2.45, 2.75) is 19.9 Å². The first kappa shape index (κ1) is 11.1. The predicted molar refractivity (Wildman–Crippen MR) is 63.3 cm³/mol. The molecule has 1 unspecified atom stereocenters. The number of rotatable bonds is 3. The number of guanidine groups is 1. The Morgan fingerprint density at radius 1 is 1.62 bits per heavy atom. The standard InChI is InChI=1S/C10H14N4OS/c1-6(2)5-12-10-13-7(8(15)14-10)9-11-3-4-16-9/h3-4,6-7H,5H2,1-2H3,(H2,12,13,14,15). The van der Waals surface area contributed by atoms with Crippen LogP contribution in [0.1, 0.15) is 24.9 Å². The van der Waals surface area contributed by atoms with Gasteiger partial charge < -0.3 is 5.32 Å². The number of aliphatic imine (C=N–C) groups is 1. The topological polar surface area (TPSA) is 66.4 Å². The molecule has 1 aliphatic rings. The molecule has 1 aliphatic heterocycles. The van der Waals surface area contributed by atoms with Crippen molar-refractivity contribution in [1.29, 1.82) is 0 Å². The monoisotopic (exact) mass is 238 g/mol. The third-order valence-corrected chi connectivity index (χ3v) is 2.94.